The largest absolute Gasteiger partial charge is 0.339 e. The zero-order chi connectivity index (χ0) is 16.5. The molecule has 1 amide bonds. The van der Waals surface area contributed by atoms with Crippen LogP contribution in [-0.2, 0) is 11.3 Å². The molecule has 1 fully saturated rings. The van der Waals surface area contributed by atoms with Crippen LogP contribution in [0.25, 0.3) is 10.9 Å². The Bertz CT molecular complexity index is 863. The van der Waals surface area contributed by atoms with E-state index in [1.54, 1.807) is 0 Å². The summed E-state index contributed by atoms with van der Waals surface area (Å²) >= 11 is 0. The van der Waals surface area contributed by atoms with Crippen LogP contribution in [0, 0.1) is 6.92 Å². The Morgan fingerprint density at radius 2 is 2.17 bits per heavy atom. The molecule has 1 saturated heterocycles. The van der Waals surface area contributed by atoms with E-state index >= 15 is 0 Å². The summed E-state index contributed by atoms with van der Waals surface area (Å²) in [7, 11) is 0. The topological polar surface area (TPSA) is 43.1 Å². The maximum atomic E-state index is 12.8. The molecule has 4 rings (SSSR count). The third-order valence-corrected chi connectivity index (χ3v) is 4.84. The second-order valence-corrected chi connectivity index (χ2v) is 6.64. The molecule has 0 unspecified atom stereocenters. The number of carbonyl (C=O) groups is 1. The number of hydrogen-bond donors (Lipinski definition) is 0. The van der Waals surface area contributed by atoms with Crippen molar-refractivity contribution < 1.29 is 4.79 Å². The maximum absolute atomic E-state index is 12.8. The lowest BCUT2D eigenvalue weighted by atomic mass is 10.1. The number of likely N-dealkylation sites (tertiary alicyclic amines) is 1. The molecule has 0 spiro atoms. The molecule has 0 N–H and O–H groups in total. The first-order valence-electron chi connectivity index (χ1n) is 8.53. The number of amides is 1. The summed E-state index contributed by atoms with van der Waals surface area (Å²) in [6.07, 6.45) is 8.06. The van der Waals surface area contributed by atoms with Crippen molar-refractivity contribution >= 4 is 16.8 Å². The predicted molar refractivity (Wildman–Crippen MR) is 93.8 cm³/mol. The van der Waals surface area contributed by atoms with Crippen LogP contribution in [0.4, 0.5) is 0 Å². The molecule has 1 aliphatic heterocycles. The summed E-state index contributed by atoms with van der Waals surface area (Å²) in [5.41, 5.74) is 2.28. The number of hydrogen-bond acceptors (Lipinski definition) is 2. The summed E-state index contributed by atoms with van der Waals surface area (Å²) in [6.45, 7) is 4.04. The van der Waals surface area contributed by atoms with E-state index in [2.05, 4.69) is 29.5 Å². The average Bonchev–Trinajstić information content (AvgIpc) is 3.22. The minimum atomic E-state index is 0.185. The SMILES string of the molecule is Cc1cnn([C@H]2CCCN(C(=O)Cn3ccc4ccccc43)C2)c1. The van der Waals surface area contributed by atoms with Gasteiger partial charge in [-0.3, -0.25) is 9.48 Å². The third kappa shape index (κ3) is 2.82. The number of para-hydroxylation sites is 1. The van der Waals surface area contributed by atoms with Crippen LogP contribution in [0.3, 0.4) is 0 Å². The van der Waals surface area contributed by atoms with Gasteiger partial charge in [-0.05, 0) is 42.8 Å². The van der Waals surface area contributed by atoms with E-state index in [1.807, 2.05) is 45.6 Å². The Balaban J connectivity index is 1.48. The summed E-state index contributed by atoms with van der Waals surface area (Å²) in [5.74, 6) is 0.185. The number of nitrogens with zero attached hydrogens (tertiary/aromatic N) is 4. The van der Waals surface area contributed by atoms with Crippen LogP contribution < -0.4 is 0 Å². The first-order valence-corrected chi connectivity index (χ1v) is 8.53. The predicted octanol–water partition coefficient (Wildman–Crippen LogP) is 3.01. The van der Waals surface area contributed by atoms with Gasteiger partial charge in [0.05, 0.1) is 12.2 Å². The van der Waals surface area contributed by atoms with Gasteiger partial charge in [-0.25, -0.2) is 0 Å². The fourth-order valence-electron chi connectivity index (χ4n) is 3.55. The fourth-order valence-corrected chi connectivity index (χ4v) is 3.55. The van der Waals surface area contributed by atoms with Gasteiger partial charge in [0.25, 0.3) is 0 Å². The van der Waals surface area contributed by atoms with Gasteiger partial charge in [0.2, 0.25) is 5.91 Å². The quantitative estimate of drug-likeness (QED) is 0.744. The van der Waals surface area contributed by atoms with Crippen LogP contribution in [0.5, 0.6) is 0 Å². The number of aryl methyl sites for hydroxylation is 1. The zero-order valence-electron chi connectivity index (χ0n) is 13.9. The summed E-state index contributed by atoms with van der Waals surface area (Å²) in [6, 6.07) is 10.5. The van der Waals surface area contributed by atoms with E-state index in [1.165, 1.54) is 5.39 Å². The summed E-state index contributed by atoms with van der Waals surface area (Å²) in [5, 5.41) is 5.60. The van der Waals surface area contributed by atoms with Gasteiger partial charge in [-0.15, -0.1) is 0 Å². The first-order chi connectivity index (χ1) is 11.7. The minimum Gasteiger partial charge on any atom is -0.339 e. The molecule has 24 heavy (non-hydrogen) atoms. The second kappa shape index (κ2) is 6.15. The van der Waals surface area contributed by atoms with Crippen LogP contribution >= 0.6 is 0 Å². The smallest absolute Gasteiger partial charge is 0.242 e. The first kappa shape index (κ1) is 15.0. The van der Waals surface area contributed by atoms with E-state index in [4.69, 9.17) is 0 Å². The zero-order valence-corrected chi connectivity index (χ0v) is 13.9. The van der Waals surface area contributed by atoms with Gasteiger partial charge < -0.3 is 9.47 Å². The third-order valence-electron chi connectivity index (χ3n) is 4.84. The normalized spacial score (nSPS) is 18.2. The Hall–Kier alpha value is -2.56. The van der Waals surface area contributed by atoms with Crippen LogP contribution in [0.15, 0.2) is 48.9 Å². The van der Waals surface area contributed by atoms with Crippen molar-refractivity contribution in [2.75, 3.05) is 13.1 Å². The average molecular weight is 322 g/mol. The van der Waals surface area contributed by atoms with E-state index in [9.17, 15) is 4.79 Å². The molecule has 3 aromatic rings. The molecule has 0 bridgehead atoms. The Labute approximate surface area is 141 Å². The van der Waals surface area contributed by atoms with Gasteiger partial charge >= 0.3 is 0 Å². The Morgan fingerprint density at radius 3 is 3.00 bits per heavy atom. The van der Waals surface area contributed by atoms with Gasteiger partial charge in [-0.1, -0.05) is 18.2 Å². The Morgan fingerprint density at radius 1 is 1.29 bits per heavy atom. The highest BCUT2D eigenvalue weighted by Gasteiger charge is 2.25. The fraction of sp³-hybridized carbons (Fsp3) is 0.368. The number of carbonyl (C=O) groups excluding carboxylic acids is 1. The Kier molecular flexibility index (Phi) is 3.84. The van der Waals surface area contributed by atoms with Gasteiger partial charge in [0, 0.05) is 31.0 Å². The standard InChI is InChI=1S/C19H22N4O/c1-15-11-20-23(12-15)17-6-4-9-22(13-17)19(24)14-21-10-8-16-5-2-3-7-18(16)21/h2-3,5,7-8,10-12,17H,4,6,9,13-14H2,1H3/t17-/m0/s1. The maximum Gasteiger partial charge on any atom is 0.242 e. The van der Waals surface area contributed by atoms with Crippen molar-refractivity contribution in [2.24, 2.45) is 0 Å². The molecule has 1 aliphatic rings. The van der Waals surface area contributed by atoms with Crippen LogP contribution in [-0.4, -0.2) is 38.2 Å². The van der Waals surface area contributed by atoms with Crippen LogP contribution in [0.1, 0.15) is 24.4 Å². The van der Waals surface area contributed by atoms with E-state index in [0.29, 0.717) is 6.54 Å². The number of aromatic nitrogens is 3. The molecule has 5 heteroatoms. The van der Waals surface area contributed by atoms with Crippen LogP contribution in [0.2, 0.25) is 0 Å². The van der Waals surface area contributed by atoms with E-state index in [0.717, 1.165) is 37.0 Å². The summed E-state index contributed by atoms with van der Waals surface area (Å²) < 4.78 is 4.05. The van der Waals surface area contributed by atoms with Crippen molar-refractivity contribution in [1.29, 1.82) is 0 Å². The van der Waals surface area contributed by atoms with Crippen molar-refractivity contribution in [3.8, 4) is 0 Å². The lowest BCUT2D eigenvalue weighted by Crippen LogP contribution is -2.42. The molecule has 124 valence electrons. The van der Waals surface area contributed by atoms with Crippen molar-refractivity contribution in [3.05, 3.63) is 54.5 Å². The molecule has 1 aromatic carbocycles. The molecule has 0 radical (unpaired) electrons. The van der Waals surface area contributed by atoms with E-state index in [-0.39, 0.29) is 11.9 Å². The molecule has 0 aliphatic carbocycles. The second-order valence-electron chi connectivity index (χ2n) is 6.64. The lowest BCUT2D eigenvalue weighted by molar-refractivity contribution is -0.133. The lowest BCUT2D eigenvalue weighted by Gasteiger charge is -2.33. The van der Waals surface area contributed by atoms with Gasteiger partial charge in [-0.2, -0.15) is 5.10 Å². The molecular formula is C19H22N4O. The highest BCUT2D eigenvalue weighted by atomic mass is 16.2. The molecular weight excluding hydrogens is 300 g/mol. The van der Waals surface area contributed by atoms with Crippen molar-refractivity contribution in [2.45, 2.75) is 32.4 Å². The number of piperidine rings is 1. The molecule has 0 saturated carbocycles. The number of rotatable bonds is 3. The highest BCUT2D eigenvalue weighted by molar-refractivity contribution is 5.83. The van der Waals surface area contributed by atoms with Gasteiger partial charge in [0.15, 0.2) is 0 Å². The molecule has 2 aromatic heterocycles. The number of benzene rings is 1. The van der Waals surface area contributed by atoms with Gasteiger partial charge in [0.1, 0.15) is 6.54 Å². The van der Waals surface area contributed by atoms with E-state index < -0.39 is 0 Å². The number of fused-ring (bicyclic) bond motifs is 1. The molecule has 3 heterocycles. The minimum absolute atomic E-state index is 0.185. The summed E-state index contributed by atoms with van der Waals surface area (Å²) in [4.78, 5) is 14.8. The van der Waals surface area contributed by atoms with Crippen molar-refractivity contribution in [1.82, 2.24) is 19.2 Å². The molecule has 5 nitrogen and oxygen atoms in total. The van der Waals surface area contributed by atoms with Crippen molar-refractivity contribution in [3.63, 3.8) is 0 Å². The molecule has 1 atom stereocenters. The highest BCUT2D eigenvalue weighted by Crippen LogP contribution is 2.22. The monoisotopic (exact) mass is 322 g/mol.